The van der Waals surface area contributed by atoms with Crippen LogP contribution in [0.2, 0.25) is 0 Å². The van der Waals surface area contributed by atoms with Crippen LogP contribution in [0.4, 0.5) is 17.3 Å². The van der Waals surface area contributed by atoms with Crippen molar-refractivity contribution in [3.63, 3.8) is 0 Å². The quantitative estimate of drug-likeness (QED) is 0.416. The Balaban J connectivity index is 2.10. The van der Waals surface area contributed by atoms with Crippen molar-refractivity contribution in [3.05, 3.63) is 22.2 Å². The number of hydrogen-bond donors (Lipinski definition) is 3. The summed E-state index contributed by atoms with van der Waals surface area (Å²) in [6.07, 6.45) is 1.55. The Kier molecular flexibility index (Phi) is 4.53. The van der Waals surface area contributed by atoms with Crippen molar-refractivity contribution in [2.24, 2.45) is 5.84 Å². The molecule has 0 aliphatic carbocycles. The number of nitro groups is 1. The number of pyridine rings is 1. The number of amides is 1. The van der Waals surface area contributed by atoms with Gasteiger partial charge in [0, 0.05) is 26.1 Å². The van der Waals surface area contributed by atoms with Gasteiger partial charge >= 0.3 is 0 Å². The number of nitrogens with one attached hydrogen (secondary N) is 2. The number of nitrogens with zero attached hydrogens (tertiary/aromatic N) is 3. The number of carbonyl (C=O) groups is 1. The second kappa shape index (κ2) is 6.35. The van der Waals surface area contributed by atoms with Crippen LogP contribution in [0.1, 0.15) is 19.8 Å². The van der Waals surface area contributed by atoms with E-state index in [1.54, 1.807) is 0 Å². The van der Waals surface area contributed by atoms with Crippen molar-refractivity contribution in [2.75, 3.05) is 23.4 Å². The molecule has 0 unspecified atom stereocenters. The maximum atomic E-state index is 11.0. The van der Waals surface area contributed by atoms with Crippen LogP contribution in [0.5, 0.6) is 0 Å². The molecule has 0 spiro atoms. The third kappa shape index (κ3) is 3.78. The lowest BCUT2D eigenvalue weighted by molar-refractivity contribution is -0.384. The number of carbonyl (C=O) groups excluding carboxylic acids is 1. The van der Waals surface area contributed by atoms with E-state index in [4.69, 9.17) is 5.84 Å². The number of piperidine rings is 1. The number of rotatable bonds is 4. The second-order valence-corrected chi connectivity index (χ2v) is 4.93. The average Bonchev–Trinajstić information content (AvgIpc) is 2.46. The molecule has 114 valence electrons. The van der Waals surface area contributed by atoms with Crippen molar-refractivity contribution < 1.29 is 9.72 Å². The number of nitrogen functional groups attached to an aromatic ring is 1. The molecule has 2 heterocycles. The van der Waals surface area contributed by atoms with Gasteiger partial charge in [0.25, 0.3) is 5.69 Å². The summed E-state index contributed by atoms with van der Waals surface area (Å²) >= 11 is 0. The molecule has 0 radical (unpaired) electrons. The van der Waals surface area contributed by atoms with Crippen LogP contribution in [0.25, 0.3) is 0 Å². The van der Waals surface area contributed by atoms with E-state index in [9.17, 15) is 14.9 Å². The van der Waals surface area contributed by atoms with E-state index < -0.39 is 4.92 Å². The Hall–Kier alpha value is -2.42. The zero-order chi connectivity index (χ0) is 15.4. The molecule has 0 aromatic carbocycles. The topological polar surface area (TPSA) is 126 Å². The molecule has 9 heteroatoms. The van der Waals surface area contributed by atoms with Crippen LogP contribution >= 0.6 is 0 Å². The Labute approximate surface area is 121 Å². The molecule has 0 atom stereocenters. The molecule has 21 heavy (non-hydrogen) atoms. The number of hydrogen-bond acceptors (Lipinski definition) is 7. The summed E-state index contributed by atoms with van der Waals surface area (Å²) in [5.74, 6) is 6.01. The Morgan fingerprint density at radius 2 is 2.14 bits per heavy atom. The van der Waals surface area contributed by atoms with Gasteiger partial charge < -0.3 is 15.6 Å². The zero-order valence-electron chi connectivity index (χ0n) is 11.7. The Morgan fingerprint density at radius 3 is 2.67 bits per heavy atom. The summed E-state index contributed by atoms with van der Waals surface area (Å²) in [7, 11) is 0. The predicted octanol–water partition coefficient (Wildman–Crippen LogP) is 0.380. The van der Waals surface area contributed by atoms with Crippen molar-refractivity contribution in [1.82, 2.24) is 10.3 Å². The normalized spacial score (nSPS) is 15.6. The molecule has 1 aromatic rings. The van der Waals surface area contributed by atoms with Crippen molar-refractivity contribution in [2.45, 2.75) is 25.8 Å². The van der Waals surface area contributed by atoms with Gasteiger partial charge in [-0.3, -0.25) is 14.9 Å². The first kappa shape index (κ1) is 15.0. The fourth-order valence-corrected chi connectivity index (χ4v) is 2.38. The molecule has 4 N–H and O–H groups in total. The smallest absolute Gasteiger partial charge is 0.276 e. The standard InChI is InChI=1S/C12H18N6O3/c1-8(19)14-9-2-4-17(5-3-9)12-7-10(18(20)21)6-11(15-12)16-13/h6-7,9H,2-5,13H2,1H3,(H,14,19)(H,15,16). The van der Waals surface area contributed by atoms with Crippen molar-refractivity contribution in [1.29, 1.82) is 0 Å². The van der Waals surface area contributed by atoms with E-state index in [1.807, 2.05) is 4.90 Å². The van der Waals surface area contributed by atoms with E-state index in [0.717, 1.165) is 12.8 Å². The minimum atomic E-state index is -0.476. The van der Waals surface area contributed by atoms with Crippen molar-refractivity contribution in [3.8, 4) is 0 Å². The molecule has 2 rings (SSSR count). The van der Waals surface area contributed by atoms with E-state index in [-0.39, 0.29) is 23.5 Å². The van der Waals surface area contributed by atoms with Crippen LogP contribution < -0.4 is 21.5 Å². The highest BCUT2D eigenvalue weighted by Gasteiger charge is 2.22. The monoisotopic (exact) mass is 294 g/mol. The van der Waals surface area contributed by atoms with Gasteiger partial charge in [0.15, 0.2) is 0 Å². The zero-order valence-corrected chi connectivity index (χ0v) is 11.7. The summed E-state index contributed by atoms with van der Waals surface area (Å²) in [6.45, 7) is 2.83. The third-order valence-electron chi connectivity index (χ3n) is 3.38. The van der Waals surface area contributed by atoms with Crippen LogP contribution in [0, 0.1) is 10.1 Å². The third-order valence-corrected chi connectivity index (χ3v) is 3.38. The van der Waals surface area contributed by atoms with E-state index in [0.29, 0.717) is 18.9 Å². The van der Waals surface area contributed by atoms with Crippen molar-refractivity contribution >= 4 is 23.2 Å². The fraction of sp³-hybridized carbons (Fsp3) is 0.500. The highest BCUT2D eigenvalue weighted by Crippen LogP contribution is 2.25. The van der Waals surface area contributed by atoms with Gasteiger partial charge in [-0.25, -0.2) is 10.8 Å². The largest absolute Gasteiger partial charge is 0.356 e. The summed E-state index contributed by atoms with van der Waals surface area (Å²) in [5, 5.41) is 13.8. The highest BCUT2D eigenvalue weighted by molar-refractivity contribution is 5.73. The Bertz CT molecular complexity index is 542. The molecule has 1 aliphatic rings. The maximum Gasteiger partial charge on any atom is 0.276 e. The summed E-state index contributed by atoms with van der Waals surface area (Å²) in [6, 6.07) is 2.86. The highest BCUT2D eigenvalue weighted by atomic mass is 16.6. The van der Waals surface area contributed by atoms with Crippen LogP contribution in [-0.4, -0.2) is 34.9 Å². The van der Waals surface area contributed by atoms with Gasteiger partial charge in [0.1, 0.15) is 11.6 Å². The van der Waals surface area contributed by atoms with E-state index in [2.05, 4.69) is 15.7 Å². The number of hydrazine groups is 1. The maximum absolute atomic E-state index is 11.0. The molecular weight excluding hydrogens is 276 g/mol. The molecule has 1 aromatic heterocycles. The number of aromatic nitrogens is 1. The lowest BCUT2D eigenvalue weighted by atomic mass is 10.1. The fourth-order valence-electron chi connectivity index (χ4n) is 2.38. The van der Waals surface area contributed by atoms with Gasteiger partial charge in [-0.15, -0.1) is 0 Å². The van der Waals surface area contributed by atoms with E-state index >= 15 is 0 Å². The number of nitrogens with two attached hydrogens (primary N) is 1. The molecule has 9 nitrogen and oxygen atoms in total. The van der Waals surface area contributed by atoms with Crippen LogP contribution in [-0.2, 0) is 4.79 Å². The molecule has 1 amide bonds. The molecule has 1 fully saturated rings. The van der Waals surface area contributed by atoms with Gasteiger partial charge in [-0.1, -0.05) is 0 Å². The van der Waals surface area contributed by atoms with Gasteiger partial charge in [0.2, 0.25) is 5.91 Å². The minimum absolute atomic E-state index is 0.0449. The molecule has 1 aliphatic heterocycles. The predicted molar refractivity (Wildman–Crippen MR) is 77.8 cm³/mol. The molecule has 0 bridgehead atoms. The summed E-state index contributed by atoms with van der Waals surface area (Å²) in [5.41, 5.74) is 2.28. The van der Waals surface area contributed by atoms with Crippen LogP contribution in [0.15, 0.2) is 12.1 Å². The number of anilines is 2. The molecule has 1 saturated heterocycles. The summed E-state index contributed by atoms with van der Waals surface area (Å²) < 4.78 is 0. The molecule has 0 saturated carbocycles. The minimum Gasteiger partial charge on any atom is -0.356 e. The first-order valence-corrected chi connectivity index (χ1v) is 6.64. The first-order valence-electron chi connectivity index (χ1n) is 6.64. The molecular formula is C12H18N6O3. The van der Waals surface area contributed by atoms with Gasteiger partial charge in [-0.05, 0) is 12.8 Å². The lowest BCUT2D eigenvalue weighted by Crippen LogP contribution is -2.44. The first-order chi connectivity index (χ1) is 9.99. The van der Waals surface area contributed by atoms with Gasteiger partial charge in [0.05, 0.1) is 17.1 Å². The van der Waals surface area contributed by atoms with E-state index in [1.165, 1.54) is 19.1 Å². The average molecular weight is 294 g/mol. The Morgan fingerprint density at radius 1 is 1.48 bits per heavy atom. The SMILES string of the molecule is CC(=O)NC1CCN(c2cc([N+](=O)[O-])cc(NN)n2)CC1. The lowest BCUT2D eigenvalue weighted by Gasteiger charge is -2.33. The second-order valence-electron chi connectivity index (χ2n) is 4.93. The summed E-state index contributed by atoms with van der Waals surface area (Å²) in [4.78, 5) is 27.7. The van der Waals surface area contributed by atoms with Crippen LogP contribution in [0.3, 0.4) is 0 Å². The van der Waals surface area contributed by atoms with Gasteiger partial charge in [-0.2, -0.15) is 0 Å².